The van der Waals surface area contributed by atoms with E-state index in [2.05, 4.69) is 20.3 Å². The Morgan fingerprint density at radius 1 is 1.11 bits per heavy atom. The van der Waals surface area contributed by atoms with Crippen molar-refractivity contribution >= 4 is 35.3 Å². The zero-order valence-electron chi connectivity index (χ0n) is 19.9. The molecule has 2 aliphatic heterocycles. The van der Waals surface area contributed by atoms with Crippen molar-refractivity contribution in [3.8, 4) is 16.9 Å². The van der Waals surface area contributed by atoms with Crippen LogP contribution >= 0.6 is 11.6 Å². The van der Waals surface area contributed by atoms with Gasteiger partial charge in [0.25, 0.3) is 5.91 Å². The van der Waals surface area contributed by atoms with Gasteiger partial charge in [0.2, 0.25) is 11.7 Å². The molecular formula is C26H25ClN6O4. The van der Waals surface area contributed by atoms with Gasteiger partial charge in [-0.3, -0.25) is 9.59 Å². The molecule has 2 aliphatic rings. The molecule has 10 nitrogen and oxygen atoms in total. The maximum absolute atomic E-state index is 12.6. The number of benzene rings is 1. The van der Waals surface area contributed by atoms with Crippen LogP contribution in [0.4, 0.5) is 5.82 Å². The molecule has 0 aliphatic carbocycles. The molecule has 1 fully saturated rings. The summed E-state index contributed by atoms with van der Waals surface area (Å²) in [5.74, 6) is 0.726. The van der Waals surface area contributed by atoms with Crippen LogP contribution in [0.1, 0.15) is 21.7 Å². The largest absolute Gasteiger partial charge is 0.486 e. The summed E-state index contributed by atoms with van der Waals surface area (Å²) in [5, 5.41) is 3.31. The lowest BCUT2D eigenvalue weighted by Crippen LogP contribution is -2.41. The minimum absolute atomic E-state index is 0.152. The maximum Gasteiger partial charge on any atom is 0.291 e. The van der Waals surface area contributed by atoms with Crippen molar-refractivity contribution in [2.24, 2.45) is 0 Å². The molecule has 0 saturated carbocycles. The van der Waals surface area contributed by atoms with Gasteiger partial charge in [-0.05, 0) is 41.5 Å². The molecule has 1 atom stereocenters. The van der Waals surface area contributed by atoms with Gasteiger partial charge in [-0.25, -0.2) is 15.0 Å². The third-order valence-electron chi connectivity index (χ3n) is 6.07. The minimum atomic E-state index is -0.247. The normalized spacial score (nSPS) is 16.9. The molecule has 1 unspecified atom stereocenters. The number of nitrogen functional groups attached to an aromatic ring is 1. The topological polar surface area (TPSA) is 133 Å². The number of fused-ring (bicyclic) bond motifs is 1. The lowest BCUT2D eigenvalue weighted by Gasteiger charge is -2.25. The van der Waals surface area contributed by atoms with E-state index in [1.165, 1.54) is 6.08 Å². The highest BCUT2D eigenvalue weighted by molar-refractivity contribution is 6.32. The Morgan fingerprint density at radius 3 is 2.62 bits per heavy atom. The zero-order chi connectivity index (χ0) is 25.8. The molecule has 0 bridgehead atoms. The molecular weight excluding hydrogens is 496 g/mol. The number of hydrogen-bond acceptors (Lipinski definition) is 8. The molecule has 11 heteroatoms. The predicted octanol–water partition coefficient (Wildman–Crippen LogP) is 2.38. The fraction of sp³-hybridized carbons (Fsp3) is 0.269. The highest BCUT2D eigenvalue weighted by Gasteiger charge is 2.27. The van der Waals surface area contributed by atoms with E-state index in [4.69, 9.17) is 26.8 Å². The van der Waals surface area contributed by atoms with Gasteiger partial charge in [0.1, 0.15) is 17.7 Å². The molecule has 3 N–H and O–H groups in total. The summed E-state index contributed by atoms with van der Waals surface area (Å²) in [6, 6.07) is 7.21. The SMILES string of the molecule is Nc1ccc(C=CC(=O)NCC2Cc3cc(-c4cnc(C(=O)N5CCOCC5)nc4)cc(Cl)c3O2)cn1. The average Bonchev–Trinajstić information content (AvgIpc) is 3.35. The number of amides is 2. The average molecular weight is 521 g/mol. The van der Waals surface area contributed by atoms with Gasteiger partial charge in [0, 0.05) is 55.3 Å². The first-order valence-corrected chi connectivity index (χ1v) is 12.2. The molecule has 2 amide bonds. The first-order valence-electron chi connectivity index (χ1n) is 11.8. The molecule has 0 radical (unpaired) electrons. The van der Waals surface area contributed by atoms with Gasteiger partial charge >= 0.3 is 0 Å². The lowest BCUT2D eigenvalue weighted by atomic mass is 10.0. The number of nitrogens with two attached hydrogens (primary N) is 1. The number of nitrogens with one attached hydrogen (secondary N) is 1. The van der Waals surface area contributed by atoms with Crippen LogP contribution in [-0.4, -0.2) is 70.6 Å². The Balaban J connectivity index is 1.19. The lowest BCUT2D eigenvalue weighted by molar-refractivity contribution is -0.116. The van der Waals surface area contributed by atoms with Crippen molar-refractivity contribution in [3.63, 3.8) is 0 Å². The van der Waals surface area contributed by atoms with Gasteiger partial charge in [-0.15, -0.1) is 0 Å². The number of carbonyl (C=O) groups excluding carboxylic acids is 2. The van der Waals surface area contributed by atoms with Crippen LogP contribution < -0.4 is 15.8 Å². The van der Waals surface area contributed by atoms with Crippen LogP contribution in [0, 0.1) is 0 Å². The standard InChI is InChI=1S/C26H25ClN6O4/c27-21-11-17(19-13-31-25(32-14-19)26(35)33-5-7-36-8-6-33)9-18-10-20(37-24(18)21)15-30-23(34)4-2-16-1-3-22(28)29-12-16/h1-4,9,11-14,20H,5-8,10,15H2,(H2,28,29)(H,30,34). The smallest absolute Gasteiger partial charge is 0.291 e. The van der Waals surface area contributed by atoms with Crippen molar-refractivity contribution in [1.82, 2.24) is 25.2 Å². The molecule has 5 rings (SSSR count). The molecule has 190 valence electrons. The van der Waals surface area contributed by atoms with E-state index in [0.717, 1.165) is 22.3 Å². The number of halogens is 1. The number of morpholine rings is 1. The van der Waals surface area contributed by atoms with Crippen LogP contribution in [0.3, 0.4) is 0 Å². The minimum Gasteiger partial charge on any atom is -0.486 e. The van der Waals surface area contributed by atoms with E-state index in [1.54, 1.807) is 47.8 Å². The van der Waals surface area contributed by atoms with Crippen LogP contribution in [0.5, 0.6) is 5.75 Å². The highest BCUT2D eigenvalue weighted by Crippen LogP contribution is 2.39. The Morgan fingerprint density at radius 2 is 1.89 bits per heavy atom. The van der Waals surface area contributed by atoms with E-state index in [-0.39, 0.29) is 23.7 Å². The van der Waals surface area contributed by atoms with Crippen LogP contribution in [0.15, 0.2) is 48.9 Å². The Hall–Kier alpha value is -4.02. The summed E-state index contributed by atoms with van der Waals surface area (Å²) >= 11 is 6.51. The number of hydrogen-bond donors (Lipinski definition) is 2. The molecule has 1 aromatic carbocycles. The van der Waals surface area contributed by atoms with E-state index in [0.29, 0.717) is 55.9 Å². The van der Waals surface area contributed by atoms with E-state index in [1.807, 2.05) is 6.07 Å². The van der Waals surface area contributed by atoms with Crippen molar-refractivity contribution in [1.29, 1.82) is 0 Å². The summed E-state index contributed by atoms with van der Waals surface area (Å²) < 4.78 is 11.3. The molecule has 37 heavy (non-hydrogen) atoms. The van der Waals surface area contributed by atoms with E-state index >= 15 is 0 Å². The van der Waals surface area contributed by atoms with Gasteiger partial charge in [-0.2, -0.15) is 0 Å². The van der Waals surface area contributed by atoms with Crippen LogP contribution in [0.25, 0.3) is 17.2 Å². The molecule has 0 spiro atoms. The van der Waals surface area contributed by atoms with Gasteiger partial charge in [-0.1, -0.05) is 11.6 Å². The number of pyridine rings is 1. The third kappa shape index (κ3) is 5.87. The second-order valence-electron chi connectivity index (χ2n) is 8.69. The number of ether oxygens (including phenoxy) is 2. The monoisotopic (exact) mass is 520 g/mol. The van der Waals surface area contributed by atoms with Gasteiger partial charge < -0.3 is 25.4 Å². The quantitative estimate of drug-likeness (QED) is 0.473. The molecule has 2 aromatic heterocycles. The van der Waals surface area contributed by atoms with Crippen molar-refractivity contribution in [2.75, 3.05) is 38.6 Å². The Labute approximate surface area is 218 Å². The number of nitrogens with zero attached hydrogens (tertiary/aromatic N) is 4. The zero-order valence-corrected chi connectivity index (χ0v) is 20.6. The third-order valence-corrected chi connectivity index (χ3v) is 6.35. The fourth-order valence-electron chi connectivity index (χ4n) is 4.12. The van der Waals surface area contributed by atoms with E-state index in [9.17, 15) is 9.59 Å². The Bertz CT molecular complexity index is 1320. The van der Waals surface area contributed by atoms with Crippen LogP contribution in [-0.2, 0) is 16.0 Å². The first-order chi connectivity index (χ1) is 18.0. The van der Waals surface area contributed by atoms with Crippen LogP contribution in [0.2, 0.25) is 5.02 Å². The highest BCUT2D eigenvalue weighted by atomic mass is 35.5. The van der Waals surface area contributed by atoms with Crippen molar-refractivity contribution in [3.05, 3.63) is 70.9 Å². The number of anilines is 1. The molecule has 1 saturated heterocycles. The number of aromatic nitrogens is 3. The molecule has 3 aromatic rings. The Kier molecular flexibility index (Phi) is 7.29. The van der Waals surface area contributed by atoms with Gasteiger partial charge in [0.05, 0.1) is 24.8 Å². The van der Waals surface area contributed by atoms with Crippen molar-refractivity contribution < 1.29 is 19.1 Å². The summed E-state index contributed by atoms with van der Waals surface area (Å²) in [5.41, 5.74) is 8.83. The molecule has 4 heterocycles. The first kappa shape index (κ1) is 24.7. The number of rotatable bonds is 6. The maximum atomic E-state index is 12.6. The van der Waals surface area contributed by atoms with Crippen molar-refractivity contribution in [2.45, 2.75) is 12.5 Å². The summed E-state index contributed by atoms with van der Waals surface area (Å²) in [7, 11) is 0. The summed E-state index contributed by atoms with van der Waals surface area (Å²) in [4.78, 5) is 39.1. The summed E-state index contributed by atoms with van der Waals surface area (Å²) in [6.45, 7) is 2.42. The van der Waals surface area contributed by atoms with E-state index < -0.39 is 0 Å². The second-order valence-corrected chi connectivity index (χ2v) is 9.09. The second kappa shape index (κ2) is 10.9. The summed E-state index contributed by atoms with van der Waals surface area (Å²) in [6.07, 6.45) is 8.28. The number of carbonyl (C=O) groups is 2. The van der Waals surface area contributed by atoms with Gasteiger partial charge in [0.15, 0.2) is 0 Å². The fourth-order valence-corrected chi connectivity index (χ4v) is 4.41. The predicted molar refractivity (Wildman–Crippen MR) is 138 cm³/mol.